The number of hydrogen-bond donors (Lipinski definition) is 1. The number of imidazole rings is 1. The average Bonchev–Trinajstić information content (AvgIpc) is 3.17. The molecule has 0 unspecified atom stereocenters. The monoisotopic (exact) mass is 539 g/mol. The maximum Gasteiger partial charge on any atom is 0.265 e. The van der Waals surface area contributed by atoms with Crippen molar-refractivity contribution in [1.29, 1.82) is 0 Å². The minimum absolute atomic E-state index is 0.0674. The fourth-order valence-corrected chi connectivity index (χ4v) is 5.59. The molecule has 0 fully saturated rings. The van der Waals surface area contributed by atoms with Crippen molar-refractivity contribution in [3.8, 4) is 5.75 Å². The van der Waals surface area contributed by atoms with Crippen molar-refractivity contribution in [2.24, 2.45) is 0 Å². The predicted octanol–water partition coefficient (Wildman–Crippen LogP) is 6.04. The number of fused-ring (bicyclic) bond motifs is 1. The Morgan fingerprint density at radius 1 is 1.05 bits per heavy atom. The highest BCUT2D eigenvalue weighted by Crippen LogP contribution is 2.26. The van der Waals surface area contributed by atoms with Crippen LogP contribution in [0.4, 0.5) is 0 Å². The van der Waals surface area contributed by atoms with Gasteiger partial charge in [0.25, 0.3) is 15.9 Å². The average molecular weight is 540 g/mol. The molecule has 4 rings (SSSR count). The van der Waals surface area contributed by atoms with E-state index in [2.05, 4.69) is 16.6 Å². The van der Waals surface area contributed by atoms with Crippen LogP contribution in [0.25, 0.3) is 11.0 Å². The topological polar surface area (TPSA) is 90.3 Å². The molecule has 0 bridgehead atoms. The zero-order valence-corrected chi connectivity index (χ0v) is 22.7. The molecule has 194 valence electrons. The van der Waals surface area contributed by atoms with E-state index in [9.17, 15) is 13.2 Å². The smallest absolute Gasteiger partial charge is 0.265 e. The van der Waals surface area contributed by atoms with E-state index in [1.807, 2.05) is 29.7 Å². The maximum atomic E-state index is 12.9. The van der Waals surface area contributed by atoms with Crippen molar-refractivity contribution in [1.82, 2.24) is 14.3 Å². The third-order valence-corrected chi connectivity index (χ3v) is 8.02. The molecule has 7 nitrogen and oxygen atoms in total. The number of nitrogens with zero attached hydrogens (tertiary/aromatic N) is 2. The molecule has 0 aliphatic heterocycles. The van der Waals surface area contributed by atoms with Crippen LogP contribution in [0.1, 0.15) is 53.5 Å². The maximum absolute atomic E-state index is 12.9. The van der Waals surface area contributed by atoms with Crippen LogP contribution >= 0.6 is 11.6 Å². The Morgan fingerprint density at radius 2 is 1.84 bits per heavy atom. The number of carbonyl (C=O) groups excluding carboxylic acids is 1. The second kappa shape index (κ2) is 11.4. The Labute approximate surface area is 222 Å². The Hall–Kier alpha value is -3.36. The van der Waals surface area contributed by atoms with E-state index in [4.69, 9.17) is 16.3 Å². The Kier molecular flexibility index (Phi) is 8.19. The normalized spacial score (nSPS) is 11.6. The molecule has 37 heavy (non-hydrogen) atoms. The zero-order valence-electron chi connectivity index (χ0n) is 21.1. The van der Waals surface area contributed by atoms with Crippen molar-refractivity contribution >= 4 is 38.6 Å². The van der Waals surface area contributed by atoms with Crippen LogP contribution in [0.15, 0.2) is 65.6 Å². The zero-order chi connectivity index (χ0) is 26.6. The summed E-state index contributed by atoms with van der Waals surface area (Å²) in [5.41, 5.74) is 3.05. The summed E-state index contributed by atoms with van der Waals surface area (Å²) in [6, 6.07) is 17.1. The Balaban J connectivity index is 1.57. The second-order valence-electron chi connectivity index (χ2n) is 8.96. The van der Waals surface area contributed by atoms with Gasteiger partial charge >= 0.3 is 0 Å². The number of amides is 1. The lowest BCUT2D eigenvalue weighted by molar-refractivity contribution is 0.0981. The van der Waals surface area contributed by atoms with E-state index in [0.717, 1.165) is 36.4 Å². The number of rotatable bonds is 10. The number of hydrogen-bond acceptors (Lipinski definition) is 5. The van der Waals surface area contributed by atoms with Crippen LogP contribution in [0.2, 0.25) is 5.02 Å². The largest absolute Gasteiger partial charge is 0.494 e. The highest BCUT2D eigenvalue weighted by Gasteiger charge is 2.21. The summed E-state index contributed by atoms with van der Waals surface area (Å²) < 4.78 is 35.5. The first-order chi connectivity index (χ1) is 17.7. The van der Waals surface area contributed by atoms with Crippen LogP contribution in [0.3, 0.4) is 0 Å². The molecule has 0 saturated carbocycles. The van der Waals surface area contributed by atoms with Crippen molar-refractivity contribution in [2.75, 3.05) is 6.61 Å². The highest BCUT2D eigenvalue weighted by atomic mass is 35.5. The van der Waals surface area contributed by atoms with Gasteiger partial charge in [0.15, 0.2) is 0 Å². The van der Waals surface area contributed by atoms with Gasteiger partial charge < -0.3 is 9.30 Å². The summed E-state index contributed by atoms with van der Waals surface area (Å²) in [5, 5.41) is 0.576. The van der Waals surface area contributed by atoms with Crippen molar-refractivity contribution in [2.45, 2.75) is 51.5 Å². The molecule has 1 heterocycles. The lowest BCUT2D eigenvalue weighted by Crippen LogP contribution is -2.31. The standard InChI is InChI=1S/C28H30ClN3O4S/c1-4-5-8-15-36-23-13-11-22(24(29)17-23)18-32-20(3)30-25-14-12-21(16-26(25)32)28(33)31-37(34,35)27-10-7-6-9-19(27)2/h6-7,9-14,16-17H,4-5,8,15,18H2,1-3H3,(H,31,33). The summed E-state index contributed by atoms with van der Waals surface area (Å²) in [7, 11) is -4.02. The first-order valence-corrected chi connectivity index (χ1v) is 14.1. The van der Waals surface area contributed by atoms with Crippen LogP contribution < -0.4 is 9.46 Å². The van der Waals surface area contributed by atoms with E-state index >= 15 is 0 Å². The summed E-state index contributed by atoms with van der Waals surface area (Å²) in [6.45, 7) is 6.80. The number of unbranched alkanes of at least 4 members (excludes halogenated alkanes) is 2. The molecule has 1 aromatic heterocycles. The van der Waals surface area contributed by atoms with Gasteiger partial charge in [-0.2, -0.15) is 0 Å². The summed E-state index contributed by atoms with van der Waals surface area (Å²) in [6.07, 6.45) is 3.25. The van der Waals surface area contributed by atoms with Gasteiger partial charge in [-0.1, -0.05) is 55.6 Å². The SMILES string of the molecule is CCCCCOc1ccc(Cn2c(C)nc3ccc(C(=O)NS(=O)(=O)c4ccccc4C)cc32)c(Cl)c1. The van der Waals surface area contributed by atoms with Crippen LogP contribution in [0.5, 0.6) is 5.75 Å². The summed E-state index contributed by atoms with van der Waals surface area (Å²) >= 11 is 6.57. The predicted molar refractivity (Wildman–Crippen MR) is 146 cm³/mol. The van der Waals surface area contributed by atoms with Gasteiger partial charge in [0, 0.05) is 10.6 Å². The molecule has 1 N–H and O–H groups in total. The first kappa shape index (κ1) is 26.7. The van der Waals surface area contributed by atoms with Crippen LogP contribution in [-0.4, -0.2) is 30.5 Å². The van der Waals surface area contributed by atoms with Crippen molar-refractivity contribution in [3.63, 3.8) is 0 Å². The van der Waals surface area contributed by atoms with E-state index in [1.165, 1.54) is 6.07 Å². The van der Waals surface area contributed by atoms with E-state index in [0.29, 0.717) is 34.8 Å². The number of aromatic nitrogens is 2. The summed E-state index contributed by atoms with van der Waals surface area (Å²) in [5.74, 6) is 0.764. The number of sulfonamides is 1. The van der Waals surface area contributed by atoms with Crippen molar-refractivity contribution < 1.29 is 17.9 Å². The fraction of sp³-hybridized carbons (Fsp3) is 0.286. The molecule has 1 amide bonds. The van der Waals surface area contributed by atoms with Crippen molar-refractivity contribution in [3.05, 3.63) is 88.2 Å². The minimum Gasteiger partial charge on any atom is -0.494 e. The number of benzene rings is 3. The first-order valence-electron chi connectivity index (χ1n) is 12.2. The number of carbonyl (C=O) groups is 1. The molecule has 0 radical (unpaired) electrons. The van der Waals surface area contributed by atoms with Gasteiger partial charge in [-0.05, 0) is 67.8 Å². The molecule has 0 saturated heterocycles. The molecule has 0 spiro atoms. The number of ether oxygens (including phenoxy) is 1. The van der Waals surface area contributed by atoms with Gasteiger partial charge in [-0.3, -0.25) is 4.79 Å². The molecular formula is C28H30ClN3O4S. The molecule has 0 aliphatic carbocycles. The number of halogens is 1. The second-order valence-corrected chi connectivity index (χ2v) is 11.0. The molecular weight excluding hydrogens is 510 g/mol. The number of aryl methyl sites for hydroxylation is 2. The van der Waals surface area contributed by atoms with Gasteiger partial charge in [0.05, 0.1) is 29.1 Å². The van der Waals surface area contributed by atoms with E-state index < -0.39 is 15.9 Å². The fourth-order valence-electron chi connectivity index (χ4n) is 4.14. The third-order valence-electron chi connectivity index (χ3n) is 6.18. The van der Waals surface area contributed by atoms with E-state index in [-0.39, 0.29) is 10.5 Å². The van der Waals surface area contributed by atoms with Crippen LogP contribution in [-0.2, 0) is 16.6 Å². The molecule has 0 atom stereocenters. The molecule has 9 heteroatoms. The lowest BCUT2D eigenvalue weighted by atomic mass is 10.1. The lowest BCUT2D eigenvalue weighted by Gasteiger charge is -2.12. The van der Waals surface area contributed by atoms with Gasteiger partial charge in [-0.25, -0.2) is 18.1 Å². The van der Waals surface area contributed by atoms with Crippen LogP contribution in [0, 0.1) is 13.8 Å². The number of nitrogens with one attached hydrogen (secondary N) is 1. The van der Waals surface area contributed by atoms with E-state index in [1.54, 1.807) is 43.3 Å². The minimum atomic E-state index is -4.02. The summed E-state index contributed by atoms with van der Waals surface area (Å²) in [4.78, 5) is 17.6. The van der Waals surface area contributed by atoms with Gasteiger partial charge in [-0.15, -0.1) is 0 Å². The quantitative estimate of drug-likeness (QED) is 0.248. The molecule has 4 aromatic rings. The van der Waals surface area contributed by atoms with Gasteiger partial charge in [0.1, 0.15) is 11.6 Å². The third kappa shape index (κ3) is 6.14. The Morgan fingerprint density at radius 3 is 2.57 bits per heavy atom. The molecule has 3 aromatic carbocycles. The Bertz CT molecular complexity index is 1550. The van der Waals surface area contributed by atoms with Gasteiger partial charge in [0.2, 0.25) is 0 Å². The molecule has 0 aliphatic rings. The highest BCUT2D eigenvalue weighted by molar-refractivity contribution is 7.90.